The number of benzene rings is 1. The van der Waals surface area contributed by atoms with Crippen LogP contribution in [-0.2, 0) is 0 Å². The summed E-state index contributed by atoms with van der Waals surface area (Å²) in [6.07, 6.45) is 3.46. The van der Waals surface area contributed by atoms with Crippen LogP contribution in [0.5, 0.6) is 11.5 Å². The topological polar surface area (TPSA) is 64.9 Å². The quantitative estimate of drug-likeness (QED) is 0.804. The Kier molecular flexibility index (Phi) is 3.65. The van der Waals surface area contributed by atoms with Gasteiger partial charge in [0, 0.05) is 12.4 Å². The maximum Gasteiger partial charge on any atom is 0.260 e. The smallest absolute Gasteiger partial charge is 0.260 e. The highest BCUT2D eigenvalue weighted by Crippen LogP contribution is 2.25. The monoisotopic (exact) mass is 297 g/mol. The van der Waals surface area contributed by atoms with Gasteiger partial charge in [-0.3, -0.25) is 9.20 Å². The van der Waals surface area contributed by atoms with Gasteiger partial charge in [0.05, 0.1) is 19.8 Å². The molecule has 2 heterocycles. The summed E-state index contributed by atoms with van der Waals surface area (Å²) in [6.45, 7) is 0. The molecule has 0 aliphatic carbocycles. The molecule has 0 aliphatic rings. The standard InChI is InChI=1S/C16H15N3O3/c1-21-11-6-7-13(22-2)12(10-11)16(20)18-15-5-3-4-14-17-8-9-19(14)15/h3-10H,1-2H3,(H,18,20). The van der Waals surface area contributed by atoms with Gasteiger partial charge in [0.2, 0.25) is 0 Å². The van der Waals surface area contributed by atoms with Gasteiger partial charge < -0.3 is 14.8 Å². The Bertz CT molecular complexity index is 826. The molecule has 6 heteroatoms. The average Bonchev–Trinajstić information content (AvgIpc) is 3.03. The first-order valence-corrected chi connectivity index (χ1v) is 6.68. The van der Waals surface area contributed by atoms with Crippen LogP contribution in [0.1, 0.15) is 10.4 Å². The molecule has 112 valence electrons. The third-order valence-corrected chi connectivity index (χ3v) is 3.32. The molecule has 1 aromatic carbocycles. The lowest BCUT2D eigenvalue weighted by atomic mass is 10.1. The Morgan fingerprint density at radius 3 is 2.82 bits per heavy atom. The number of pyridine rings is 1. The molecule has 3 aromatic rings. The first kappa shape index (κ1) is 13.9. The Morgan fingerprint density at radius 1 is 1.18 bits per heavy atom. The van der Waals surface area contributed by atoms with E-state index in [2.05, 4.69) is 10.3 Å². The predicted molar refractivity (Wildman–Crippen MR) is 82.7 cm³/mol. The molecule has 3 rings (SSSR count). The molecule has 0 spiro atoms. The van der Waals surface area contributed by atoms with Crippen molar-refractivity contribution in [2.45, 2.75) is 0 Å². The number of hydrogen-bond donors (Lipinski definition) is 1. The highest BCUT2D eigenvalue weighted by molar-refractivity contribution is 6.06. The molecule has 1 amide bonds. The van der Waals surface area contributed by atoms with Crippen LogP contribution in [0.15, 0.2) is 48.8 Å². The number of ether oxygens (including phenoxy) is 2. The van der Waals surface area contributed by atoms with Crippen LogP contribution in [0.2, 0.25) is 0 Å². The van der Waals surface area contributed by atoms with Crippen molar-refractivity contribution in [3.05, 3.63) is 54.4 Å². The van der Waals surface area contributed by atoms with Gasteiger partial charge in [0.25, 0.3) is 5.91 Å². The number of nitrogens with one attached hydrogen (secondary N) is 1. The average molecular weight is 297 g/mol. The molecule has 0 bridgehead atoms. The van der Waals surface area contributed by atoms with Gasteiger partial charge in [-0.05, 0) is 30.3 Å². The Labute approximate surface area is 127 Å². The van der Waals surface area contributed by atoms with Crippen molar-refractivity contribution in [2.24, 2.45) is 0 Å². The minimum absolute atomic E-state index is 0.281. The minimum atomic E-state index is -0.281. The highest BCUT2D eigenvalue weighted by atomic mass is 16.5. The largest absolute Gasteiger partial charge is 0.497 e. The van der Waals surface area contributed by atoms with Crippen molar-refractivity contribution in [1.29, 1.82) is 0 Å². The van der Waals surface area contributed by atoms with Crippen molar-refractivity contribution in [3.63, 3.8) is 0 Å². The molecular formula is C16H15N3O3. The van der Waals surface area contributed by atoms with Crippen LogP contribution in [0.3, 0.4) is 0 Å². The summed E-state index contributed by atoms with van der Waals surface area (Å²) in [6, 6.07) is 10.6. The van der Waals surface area contributed by atoms with Gasteiger partial charge in [-0.2, -0.15) is 0 Å². The number of imidazole rings is 1. The number of nitrogens with zero attached hydrogens (tertiary/aromatic N) is 2. The Hall–Kier alpha value is -3.02. The van der Waals surface area contributed by atoms with Crippen LogP contribution in [0, 0.1) is 0 Å². The predicted octanol–water partition coefficient (Wildman–Crippen LogP) is 2.60. The second-order valence-corrected chi connectivity index (χ2v) is 4.59. The highest BCUT2D eigenvalue weighted by Gasteiger charge is 2.15. The SMILES string of the molecule is COc1ccc(OC)c(C(=O)Nc2cccc3nccn23)c1. The second kappa shape index (κ2) is 5.77. The van der Waals surface area contributed by atoms with Crippen LogP contribution in [-0.4, -0.2) is 29.5 Å². The fourth-order valence-electron chi connectivity index (χ4n) is 2.22. The fraction of sp³-hybridized carbons (Fsp3) is 0.125. The number of fused-ring (bicyclic) bond motifs is 1. The molecule has 0 aliphatic heterocycles. The minimum Gasteiger partial charge on any atom is -0.497 e. The van der Waals surface area contributed by atoms with Crippen LogP contribution < -0.4 is 14.8 Å². The summed E-state index contributed by atoms with van der Waals surface area (Å²) in [5.74, 6) is 1.42. The lowest BCUT2D eigenvalue weighted by molar-refractivity contribution is 0.102. The van der Waals surface area contributed by atoms with Gasteiger partial charge in [0.1, 0.15) is 23.0 Å². The van der Waals surface area contributed by atoms with E-state index in [0.29, 0.717) is 22.9 Å². The Morgan fingerprint density at radius 2 is 2.05 bits per heavy atom. The van der Waals surface area contributed by atoms with Crippen molar-refractivity contribution < 1.29 is 14.3 Å². The number of aromatic nitrogens is 2. The third kappa shape index (κ3) is 2.46. The van der Waals surface area contributed by atoms with E-state index in [4.69, 9.17) is 9.47 Å². The first-order valence-electron chi connectivity index (χ1n) is 6.68. The molecule has 22 heavy (non-hydrogen) atoms. The van der Waals surface area contributed by atoms with Crippen molar-refractivity contribution in [1.82, 2.24) is 9.38 Å². The summed E-state index contributed by atoms with van der Waals surface area (Å²) >= 11 is 0. The number of carbonyl (C=O) groups excluding carboxylic acids is 1. The van der Waals surface area contributed by atoms with E-state index >= 15 is 0 Å². The maximum atomic E-state index is 12.5. The van der Waals surface area contributed by atoms with Crippen LogP contribution in [0.25, 0.3) is 5.65 Å². The number of hydrogen-bond acceptors (Lipinski definition) is 4. The van der Waals surface area contributed by atoms with Crippen molar-refractivity contribution in [2.75, 3.05) is 19.5 Å². The van der Waals surface area contributed by atoms with E-state index in [1.807, 2.05) is 12.1 Å². The fourth-order valence-corrected chi connectivity index (χ4v) is 2.22. The lowest BCUT2D eigenvalue weighted by Gasteiger charge is -2.12. The first-order chi connectivity index (χ1) is 10.7. The van der Waals surface area contributed by atoms with Gasteiger partial charge in [-0.1, -0.05) is 6.07 Å². The molecule has 6 nitrogen and oxygen atoms in total. The summed E-state index contributed by atoms with van der Waals surface area (Å²) in [7, 11) is 3.07. The molecule has 0 saturated carbocycles. The number of methoxy groups -OCH3 is 2. The van der Waals surface area contributed by atoms with Gasteiger partial charge in [-0.25, -0.2) is 4.98 Å². The van der Waals surface area contributed by atoms with Crippen molar-refractivity contribution in [3.8, 4) is 11.5 Å². The van der Waals surface area contributed by atoms with E-state index in [-0.39, 0.29) is 5.91 Å². The molecule has 0 unspecified atom stereocenters. The number of carbonyl (C=O) groups is 1. The Balaban J connectivity index is 1.96. The van der Waals surface area contributed by atoms with Crippen molar-refractivity contribution >= 4 is 17.4 Å². The van der Waals surface area contributed by atoms with E-state index in [0.717, 1.165) is 5.65 Å². The normalized spacial score (nSPS) is 10.5. The van der Waals surface area contributed by atoms with Crippen LogP contribution in [0.4, 0.5) is 5.82 Å². The van der Waals surface area contributed by atoms with E-state index in [9.17, 15) is 4.79 Å². The zero-order valence-corrected chi connectivity index (χ0v) is 12.2. The van der Waals surface area contributed by atoms with E-state index < -0.39 is 0 Å². The third-order valence-electron chi connectivity index (χ3n) is 3.32. The van der Waals surface area contributed by atoms with E-state index in [1.165, 1.54) is 7.11 Å². The molecule has 1 N–H and O–H groups in total. The summed E-state index contributed by atoms with van der Waals surface area (Å²) in [5, 5.41) is 2.86. The van der Waals surface area contributed by atoms with Gasteiger partial charge in [-0.15, -0.1) is 0 Å². The molecule has 0 fully saturated rings. The zero-order chi connectivity index (χ0) is 15.5. The lowest BCUT2D eigenvalue weighted by Crippen LogP contribution is -2.15. The van der Waals surface area contributed by atoms with Gasteiger partial charge >= 0.3 is 0 Å². The summed E-state index contributed by atoms with van der Waals surface area (Å²) in [5.41, 5.74) is 1.16. The summed E-state index contributed by atoms with van der Waals surface area (Å²) in [4.78, 5) is 16.7. The molecular weight excluding hydrogens is 282 g/mol. The summed E-state index contributed by atoms with van der Waals surface area (Å²) < 4.78 is 12.2. The molecule has 2 aromatic heterocycles. The van der Waals surface area contributed by atoms with Crippen LogP contribution >= 0.6 is 0 Å². The maximum absolute atomic E-state index is 12.5. The molecule has 0 saturated heterocycles. The zero-order valence-electron chi connectivity index (χ0n) is 12.2. The molecule has 0 atom stereocenters. The van der Waals surface area contributed by atoms with E-state index in [1.54, 1.807) is 48.2 Å². The number of anilines is 1. The second-order valence-electron chi connectivity index (χ2n) is 4.59. The number of amides is 1. The number of rotatable bonds is 4. The van der Waals surface area contributed by atoms with Gasteiger partial charge in [0.15, 0.2) is 0 Å². The molecule has 0 radical (unpaired) electrons.